The number of halogens is 4. The fraction of sp³-hybridized carbons (Fsp3) is 0.120. The molecule has 3 rings (SSSR count). The summed E-state index contributed by atoms with van der Waals surface area (Å²) in [6, 6.07) is 17.4. The van der Waals surface area contributed by atoms with Crippen LogP contribution in [0.25, 0.3) is 6.08 Å². The third-order valence-corrected chi connectivity index (χ3v) is 5.97. The third-order valence-electron chi connectivity index (χ3n) is 4.46. The molecule has 9 heteroatoms. The molecule has 0 aromatic heterocycles. The maximum Gasteiger partial charge on any atom is 0.266 e. The normalized spacial score (nSPS) is 11.0. The maximum atomic E-state index is 12.6. The van der Waals surface area contributed by atoms with Gasteiger partial charge in [-0.15, -0.1) is 0 Å². The minimum absolute atomic E-state index is 0.0945. The first kappa shape index (κ1) is 25.9. The molecule has 5 nitrogen and oxygen atoms in total. The van der Waals surface area contributed by atoms with E-state index in [0.29, 0.717) is 39.4 Å². The van der Waals surface area contributed by atoms with Gasteiger partial charge in [-0.3, -0.25) is 4.79 Å². The number of nitriles is 1. The van der Waals surface area contributed by atoms with Crippen LogP contribution in [0, 0.1) is 11.3 Å². The molecule has 0 bridgehead atoms. The van der Waals surface area contributed by atoms with E-state index in [1.807, 2.05) is 19.1 Å². The van der Waals surface area contributed by atoms with Gasteiger partial charge in [0, 0.05) is 10.2 Å². The molecule has 34 heavy (non-hydrogen) atoms. The second-order valence-electron chi connectivity index (χ2n) is 6.93. The highest BCUT2D eigenvalue weighted by Gasteiger charge is 2.15. The highest BCUT2D eigenvalue weighted by atomic mass is 79.9. The Morgan fingerprint density at radius 3 is 2.53 bits per heavy atom. The second kappa shape index (κ2) is 12.1. The summed E-state index contributed by atoms with van der Waals surface area (Å²) in [5.74, 6) is 0.171. The monoisotopic (exact) mass is 578 g/mol. The molecule has 0 spiro atoms. The summed E-state index contributed by atoms with van der Waals surface area (Å²) in [6.07, 6.45) is 1.43. The van der Waals surface area contributed by atoms with Crippen molar-refractivity contribution in [3.05, 3.63) is 90.8 Å². The average molecular weight is 581 g/mol. The van der Waals surface area contributed by atoms with Gasteiger partial charge in [-0.05, 0) is 66.6 Å². The molecule has 0 saturated heterocycles. The van der Waals surface area contributed by atoms with Gasteiger partial charge in [-0.1, -0.05) is 62.9 Å². The molecule has 1 amide bonds. The van der Waals surface area contributed by atoms with Gasteiger partial charge in [0.1, 0.15) is 18.2 Å². The molecule has 3 aromatic carbocycles. The number of hydrogen-bond acceptors (Lipinski definition) is 4. The summed E-state index contributed by atoms with van der Waals surface area (Å²) in [5.41, 5.74) is 1.77. The first-order chi connectivity index (χ1) is 16.3. The van der Waals surface area contributed by atoms with E-state index in [9.17, 15) is 10.1 Å². The van der Waals surface area contributed by atoms with Crippen LogP contribution in [0.1, 0.15) is 18.1 Å². The van der Waals surface area contributed by atoms with Crippen LogP contribution in [-0.2, 0) is 11.4 Å². The van der Waals surface area contributed by atoms with Crippen molar-refractivity contribution in [3.63, 3.8) is 0 Å². The number of benzene rings is 3. The molecule has 174 valence electrons. The van der Waals surface area contributed by atoms with Crippen LogP contribution in [0.4, 0.5) is 5.69 Å². The molecule has 0 saturated carbocycles. The zero-order valence-corrected chi connectivity index (χ0v) is 21.7. The van der Waals surface area contributed by atoms with Gasteiger partial charge in [-0.2, -0.15) is 5.26 Å². The zero-order valence-electron chi connectivity index (χ0n) is 17.9. The van der Waals surface area contributed by atoms with Gasteiger partial charge in [0.05, 0.1) is 21.7 Å². The first-order valence-electron chi connectivity index (χ1n) is 10.0. The van der Waals surface area contributed by atoms with Gasteiger partial charge in [0.2, 0.25) is 0 Å². The van der Waals surface area contributed by atoms with E-state index in [0.717, 1.165) is 10.0 Å². The van der Waals surface area contributed by atoms with Gasteiger partial charge >= 0.3 is 0 Å². The van der Waals surface area contributed by atoms with E-state index in [1.165, 1.54) is 6.08 Å². The quantitative estimate of drug-likeness (QED) is 0.217. The Labute approximate surface area is 221 Å². The fourth-order valence-electron chi connectivity index (χ4n) is 2.94. The molecule has 0 radical (unpaired) electrons. The van der Waals surface area contributed by atoms with E-state index in [4.69, 9.17) is 44.3 Å². The number of ether oxygens (including phenoxy) is 2. The molecule has 0 aliphatic heterocycles. The van der Waals surface area contributed by atoms with E-state index in [-0.39, 0.29) is 17.2 Å². The Morgan fingerprint density at radius 1 is 1.06 bits per heavy atom. The van der Waals surface area contributed by atoms with Crippen LogP contribution in [0.15, 0.2) is 64.6 Å². The van der Waals surface area contributed by atoms with Gasteiger partial charge in [0.15, 0.2) is 11.5 Å². The van der Waals surface area contributed by atoms with E-state index in [1.54, 1.807) is 48.5 Å². The number of carbonyl (C=O) groups excluding carboxylic acids is 1. The van der Waals surface area contributed by atoms with Crippen LogP contribution in [0.2, 0.25) is 15.1 Å². The molecule has 3 aromatic rings. The smallest absolute Gasteiger partial charge is 0.266 e. The van der Waals surface area contributed by atoms with Gasteiger partial charge < -0.3 is 14.8 Å². The van der Waals surface area contributed by atoms with Crippen LogP contribution in [0.3, 0.4) is 0 Å². The van der Waals surface area contributed by atoms with Gasteiger partial charge in [0.25, 0.3) is 5.91 Å². The number of nitrogens with one attached hydrogen (secondary N) is 1. The van der Waals surface area contributed by atoms with Crippen molar-refractivity contribution in [1.82, 2.24) is 0 Å². The van der Waals surface area contributed by atoms with Gasteiger partial charge in [-0.25, -0.2) is 0 Å². The van der Waals surface area contributed by atoms with Crippen molar-refractivity contribution >= 4 is 68.4 Å². The third kappa shape index (κ3) is 6.91. The van der Waals surface area contributed by atoms with E-state index in [2.05, 4.69) is 21.2 Å². The Morgan fingerprint density at radius 2 is 1.85 bits per heavy atom. The standard InChI is InChI=1S/C25H18BrCl3N2O3/c1-2-33-23-11-16(8-17(13-30)25(32)31-19-5-3-4-18(26)12-19)10-22(29)24(23)34-14-15-6-7-20(27)21(28)9-15/h3-12H,2,14H2,1H3,(H,31,32)/b17-8-. The summed E-state index contributed by atoms with van der Waals surface area (Å²) in [4.78, 5) is 12.6. The topological polar surface area (TPSA) is 71.3 Å². The lowest BCUT2D eigenvalue weighted by Gasteiger charge is -2.15. The van der Waals surface area contributed by atoms with Crippen molar-refractivity contribution in [2.75, 3.05) is 11.9 Å². The Bertz CT molecular complexity index is 1290. The SMILES string of the molecule is CCOc1cc(/C=C(/C#N)C(=O)Nc2cccc(Br)c2)cc(Cl)c1OCc1ccc(Cl)c(Cl)c1. The highest BCUT2D eigenvalue weighted by Crippen LogP contribution is 2.38. The number of amides is 1. The number of anilines is 1. The molecule has 0 unspecified atom stereocenters. The molecular weight excluding hydrogens is 563 g/mol. The Kier molecular flexibility index (Phi) is 9.26. The highest BCUT2D eigenvalue weighted by molar-refractivity contribution is 9.10. The zero-order chi connectivity index (χ0) is 24.7. The summed E-state index contributed by atoms with van der Waals surface area (Å²) < 4.78 is 12.4. The lowest BCUT2D eigenvalue weighted by molar-refractivity contribution is -0.112. The molecule has 0 aliphatic carbocycles. The fourth-order valence-corrected chi connectivity index (χ4v) is 3.93. The van der Waals surface area contributed by atoms with Crippen molar-refractivity contribution in [2.45, 2.75) is 13.5 Å². The van der Waals surface area contributed by atoms with Crippen LogP contribution in [-0.4, -0.2) is 12.5 Å². The predicted molar refractivity (Wildman–Crippen MR) is 140 cm³/mol. The summed E-state index contributed by atoms with van der Waals surface area (Å²) in [6.45, 7) is 2.37. The Hall–Kier alpha value is -2.69. The molecule has 0 atom stereocenters. The second-order valence-corrected chi connectivity index (χ2v) is 9.07. The number of carbonyl (C=O) groups is 1. The van der Waals surface area contributed by atoms with Crippen molar-refractivity contribution in [1.29, 1.82) is 5.26 Å². The summed E-state index contributed by atoms with van der Waals surface area (Å²) in [5, 5.41) is 13.4. The largest absolute Gasteiger partial charge is 0.490 e. The lowest BCUT2D eigenvalue weighted by atomic mass is 10.1. The molecule has 0 aliphatic rings. The predicted octanol–water partition coefficient (Wildman–Crippen LogP) is 7.93. The van der Waals surface area contributed by atoms with Crippen LogP contribution in [0.5, 0.6) is 11.5 Å². The first-order valence-corrected chi connectivity index (χ1v) is 11.9. The minimum Gasteiger partial charge on any atom is -0.490 e. The molecule has 1 N–H and O–H groups in total. The number of hydrogen-bond donors (Lipinski definition) is 1. The van der Waals surface area contributed by atoms with Crippen molar-refractivity contribution in [3.8, 4) is 17.6 Å². The van der Waals surface area contributed by atoms with Crippen molar-refractivity contribution < 1.29 is 14.3 Å². The Balaban J connectivity index is 1.85. The van der Waals surface area contributed by atoms with Crippen LogP contribution >= 0.6 is 50.7 Å². The molecule has 0 heterocycles. The lowest BCUT2D eigenvalue weighted by Crippen LogP contribution is -2.13. The number of nitrogens with zero attached hydrogens (tertiary/aromatic N) is 1. The van der Waals surface area contributed by atoms with E-state index < -0.39 is 5.91 Å². The van der Waals surface area contributed by atoms with Crippen LogP contribution < -0.4 is 14.8 Å². The maximum absolute atomic E-state index is 12.6. The minimum atomic E-state index is -0.547. The summed E-state index contributed by atoms with van der Waals surface area (Å²) >= 11 is 21.9. The number of rotatable bonds is 8. The van der Waals surface area contributed by atoms with Crippen molar-refractivity contribution in [2.24, 2.45) is 0 Å². The molecular formula is C25H18BrCl3N2O3. The van der Waals surface area contributed by atoms with E-state index >= 15 is 0 Å². The molecule has 0 fully saturated rings. The average Bonchev–Trinajstić information content (AvgIpc) is 2.79. The summed E-state index contributed by atoms with van der Waals surface area (Å²) in [7, 11) is 0.